The van der Waals surface area contributed by atoms with Gasteiger partial charge in [0.15, 0.2) is 9.84 Å². The van der Waals surface area contributed by atoms with Crippen molar-refractivity contribution in [3.05, 3.63) is 54.3 Å². The molecule has 10 heteroatoms. The molecule has 1 amide bonds. The number of benzene rings is 2. The van der Waals surface area contributed by atoms with E-state index in [9.17, 15) is 26.0 Å². The first-order valence-electron chi connectivity index (χ1n) is 6.94. The van der Waals surface area contributed by atoms with E-state index >= 15 is 0 Å². The molecule has 2 aromatic rings. The van der Waals surface area contributed by atoms with Crippen LogP contribution in [-0.2, 0) is 24.7 Å². The highest BCUT2D eigenvalue weighted by molar-refractivity contribution is 7.93. The lowest BCUT2D eigenvalue weighted by Crippen LogP contribution is -2.33. The average molecular weight is 386 g/mol. The second-order valence-electron chi connectivity index (χ2n) is 5.10. The standard InChI is InChI=1S/C15H15FN2O5S2/c1-24(20,21)13-7-2-3-8-14(13)25(22,23)17-10-15(19)18-12-6-4-5-11(16)9-12/h2-9,17H,10H2,1H3,(H,18,19). The maximum atomic E-state index is 13.1. The molecule has 25 heavy (non-hydrogen) atoms. The largest absolute Gasteiger partial charge is 0.325 e. The molecule has 0 unspecified atom stereocenters. The Bertz CT molecular complexity index is 1000. The monoisotopic (exact) mass is 386 g/mol. The molecule has 0 aliphatic heterocycles. The van der Waals surface area contributed by atoms with Gasteiger partial charge in [0.1, 0.15) is 10.7 Å². The first kappa shape index (κ1) is 19.0. The SMILES string of the molecule is CS(=O)(=O)c1ccccc1S(=O)(=O)NCC(=O)Nc1cccc(F)c1. The van der Waals surface area contributed by atoms with E-state index in [-0.39, 0.29) is 10.6 Å². The van der Waals surface area contributed by atoms with Gasteiger partial charge in [-0.1, -0.05) is 18.2 Å². The third-order valence-electron chi connectivity index (χ3n) is 3.07. The van der Waals surface area contributed by atoms with Crippen molar-refractivity contribution >= 4 is 31.5 Å². The number of carbonyl (C=O) groups excluding carboxylic acids is 1. The molecule has 134 valence electrons. The van der Waals surface area contributed by atoms with Gasteiger partial charge in [0.05, 0.1) is 11.4 Å². The van der Waals surface area contributed by atoms with Crippen molar-refractivity contribution < 1.29 is 26.0 Å². The quantitative estimate of drug-likeness (QED) is 0.774. The topological polar surface area (TPSA) is 109 Å². The van der Waals surface area contributed by atoms with Crippen LogP contribution in [-0.4, -0.2) is 35.5 Å². The molecule has 0 spiro atoms. The number of sulfone groups is 1. The van der Waals surface area contributed by atoms with E-state index in [0.29, 0.717) is 0 Å². The average Bonchev–Trinajstić information content (AvgIpc) is 2.52. The zero-order chi connectivity index (χ0) is 18.7. The minimum atomic E-state index is -4.23. The molecule has 2 aromatic carbocycles. The third-order valence-corrected chi connectivity index (χ3v) is 5.81. The maximum Gasteiger partial charge on any atom is 0.242 e. The van der Waals surface area contributed by atoms with Crippen LogP contribution in [0.25, 0.3) is 0 Å². The van der Waals surface area contributed by atoms with Gasteiger partial charge in [-0.2, -0.15) is 0 Å². The number of halogens is 1. The number of hydrogen-bond donors (Lipinski definition) is 2. The fourth-order valence-corrected chi connectivity index (χ4v) is 4.60. The lowest BCUT2D eigenvalue weighted by molar-refractivity contribution is -0.115. The Labute approximate surface area is 144 Å². The molecular weight excluding hydrogens is 371 g/mol. The highest BCUT2D eigenvalue weighted by Crippen LogP contribution is 2.20. The number of rotatable bonds is 6. The second-order valence-corrected chi connectivity index (χ2v) is 8.82. The summed E-state index contributed by atoms with van der Waals surface area (Å²) in [6.07, 6.45) is 0.887. The van der Waals surface area contributed by atoms with Crippen molar-refractivity contribution in [3.63, 3.8) is 0 Å². The summed E-state index contributed by atoms with van der Waals surface area (Å²) in [6, 6.07) is 10.2. The Morgan fingerprint density at radius 3 is 2.24 bits per heavy atom. The molecular formula is C15H15FN2O5S2. The molecule has 2 N–H and O–H groups in total. The number of anilines is 1. The number of nitrogens with one attached hydrogen (secondary N) is 2. The fraction of sp³-hybridized carbons (Fsp3) is 0.133. The highest BCUT2D eigenvalue weighted by Gasteiger charge is 2.23. The van der Waals surface area contributed by atoms with Gasteiger partial charge in [0, 0.05) is 11.9 Å². The summed E-state index contributed by atoms with van der Waals surface area (Å²) in [4.78, 5) is 11.0. The van der Waals surface area contributed by atoms with Crippen LogP contribution in [0.15, 0.2) is 58.3 Å². The Balaban J connectivity index is 2.14. The number of sulfonamides is 1. The van der Waals surface area contributed by atoms with Gasteiger partial charge < -0.3 is 5.32 Å². The molecule has 0 aliphatic rings. The zero-order valence-corrected chi connectivity index (χ0v) is 14.7. The minimum Gasteiger partial charge on any atom is -0.325 e. The molecule has 0 aliphatic carbocycles. The predicted octanol–water partition coefficient (Wildman–Crippen LogP) is 1.15. The van der Waals surface area contributed by atoms with Crippen LogP contribution in [0.5, 0.6) is 0 Å². The Morgan fingerprint density at radius 1 is 1.00 bits per heavy atom. The van der Waals surface area contributed by atoms with Crippen molar-refractivity contribution in [1.82, 2.24) is 4.72 Å². The first-order valence-corrected chi connectivity index (χ1v) is 10.3. The van der Waals surface area contributed by atoms with Crippen molar-refractivity contribution in [2.24, 2.45) is 0 Å². The first-order chi connectivity index (χ1) is 11.6. The molecule has 2 rings (SSSR count). The van der Waals surface area contributed by atoms with E-state index < -0.39 is 43.0 Å². The maximum absolute atomic E-state index is 13.1. The van der Waals surface area contributed by atoms with Crippen LogP contribution >= 0.6 is 0 Å². The van der Waals surface area contributed by atoms with Crippen LogP contribution in [0.4, 0.5) is 10.1 Å². The van der Waals surface area contributed by atoms with Crippen LogP contribution < -0.4 is 10.0 Å². The summed E-state index contributed by atoms with van der Waals surface area (Å²) in [5, 5.41) is 2.33. The van der Waals surface area contributed by atoms with E-state index in [1.807, 2.05) is 4.72 Å². The normalized spacial score (nSPS) is 11.9. The van der Waals surface area contributed by atoms with Crippen LogP contribution in [0.1, 0.15) is 0 Å². The summed E-state index contributed by atoms with van der Waals surface area (Å²) in [5.41, 5.74) is 0.167. The van der Waals surface area contributed by atoms with Crippen molar-refractivity contribution in [3.8, 4) is 0 Å². The second kappa shape index (κ2) is 7.30. The van der Waals surface area contributed by atoms with Gasteiger partial charge in [-0.05, 0) is 30.3 Å². The summed E-state index contributed by atoms with van der Waals surface area (Å²) in [7, 11) is -8.00. The van der Waals surface area contributed by atoms with Gasteiger partial charge in [0.25, 0.3) is 0 Å². The van der Waals surface area contributed by atoms with E-state index in [0.717, 1.165) is 24.5 Å². The highest BCUT2D eigenvalue weighted by atomic mass is 32.2. The summed E-state index contributed by atoms with van der Waals surface area (Å²) < 4.78 is 63.1. The van der Waals surface area contributed by atoms with Crippen LogP contribution in [0, 0.1) is 5.82 Å². The van der Waals surface area contributed by atoms with Gasteiger partial charge in [-0.15, -0.1) is 0 Å². The number of amides is 1. The van der Waals surface area contributed by atoms with E-state index in [1.165, 1.54) is 30.3 Å². The minimum absolute atomic E-state index is 0.167. The lowest BCUT2D eigenvalue weighted by Gasteiger charge is -2.10. The lowest BCUT2D eigenvalue weighted by atomic mass is 10.3. The molecule has 0 heterocycles. The molecule has 0 radical (unpaired) electrons. The molecule has 7 nitrogen and oxygen atoms in total. The van der Waals surface area contributed by atoms with Gasteiger partial charge in [-0.25, -0.2) is 25.9 Å². The Kier molecular flexibility index (Phi) is 5.55. The Hall–Kier alpha value is -2.30. The van der Waals surface area contributed by atoms with Gasteiger partial charge in [0.2, 0.25) is 15.9 Å². The van der Waals surface area contributed by atoms with Crippen molar-refractivity contribution in [2.75, 3.05) is 18.1 Å². The van der Waals surface area contributed by atoms with E-state index in [2.05, 4.69) is 5.32 Å². The fourth-order valence-electron chi connectivity index (χ4n) is 1.99. The van der Waals surface area contributed by atoms with Crippen LogP contribution in [0.3, 0.4) is 0 Å². The third kappa shape index (κ3) is 5.08. The van der Waals surface area contributed by atoms with E-state index in [4.69, 9.17) is 0 Å². The molecule has 0 aromatic heterocycles. The molecule has 0 atom stereocenters. The van der Waals surface area contributed by atoms with E-state index in [1.54, 1.807) is 0 Å². The van der Waals surface area contributed by atoms with Gasteiger partial charge >= 0.3 is 0 Å². The van der Waals surface area contributed by atoms with Crippen molar-refractivity contribution in [2.45, 2.75) is 9.79 Å². The number of hydrogen-bond acceptors (Lipinski definition) is 5. The smallest absolute Gasteiger partial charge is 0.242 e. The summed E-state index contributed by atoms with van der Waals surface area (Å²) in [5.74, 6) is -1.29. The van der Waals surface area contributed by atoms with Crippen LogP contribution in [0.2, 0.25) is 0 Å². The number of carbonyl (C=O) groups is 1. The van der Waals surface area contributed by atoms with Gasteiger partial charge in [-0.3, -0.25) is 4.79 Å². The predicted molar refractivity (Wildman–Crippen MR) is 89.8 cm³/mol. The Morgan fingerprint density at radius 2 is 1.64 bits per heavy atom. The van der Waals surface area contributed by atoms with Crippen molar-refractivity contribution in [1.29, 1.82) is 0 Å². The summed E-state index contributed by atoms with van der Waals surface area (Å²) >= 11 is 0. The molecule has 0 bridgehead atoms. The molecule has 0 fully saturated rings. The zero-order valence-electron chi connectivity index (χ0n) is 13.1. The summed E-state index contributed by atoms with van der Waals surface area (Å²) in [6.45, 7) is -0.642. The molecule has 0 saturated heterocycles. The molecule has 0 saturated carbocycles.